The molecule has 2 rings (SSSR count). The standard InChI is InChI=1S/C13H15BrN2O2/c1-8-9(2)18-13(16-8)7-15-11-4-10(14)5-12(6-11)17-3/h4-6,15H,7H2,1-3H3. The molecule has 0 spiro atoms. The molecular formula is C13H15BrN2O2. The Morgan fingerprint density at radius 1 is 1.33 bits per heavy atom. The molecule has 0 amide bonds. The average molecular weight is 311 g/mol. The van der Waals surface area contributed by atoms with Gasteiger partial charge in [0.25, 0.3) is 0 Å². The summed E-state index contributed by atoms with van der Waals surface area (Å²) in [5.41, 5.74) is 1.88. The van der Waals surface area contributed by atoms with Crippen LogP contribution in [0.2, 0.25) is 0 Å². The first-order valence-corrected chi connectivity index (χ1v) is 6.39. The van der Waals surface area contributed by atoms with Crippen molar-refractivity contribution >= 4 is 21.6 Å². The number of halogens is 1. The van der Waals surface area contributed by atoms with Crippen molar-refractivity contribution in [2.75, 3.05) is 12.4 Å². The molecule has 0 radical (unpaired) electrons. The van der Waals surface area contributed by atoms with E-state index in [1.165, 1.54) is 0 Å². The van der Waals surface area contributed by atoms with Gasteiger partial charge in [0.05, 0.1) is 19.3 Å². The number of hydrogen-bond acceptors (Lipinski definition) is 4. The van der Waals surface area contributed by atoms with E-state index < -0.39 is 0 Å². The first kappa shape index (κ1) is 13.0. The van der Waals surface area contributed by atoms with Gasteiger partial charge in [0.2, 0.25) is 5.89 Å². The minimum absolute atomic E-state index is 0.550. The lowest BCUT2D eigenvalue weighted by Crippen LogP contribution is -2.00. The molecule has 4 nitrogen and oxygen atoms in total. The number of anilines is 1. The van der Waals surface area contributed by atoms with Crippen LogP contribution in [0.15, 0.2) is 27.1 Å². The molecule has 1 aromatic carbocycles. The zero-order valence-corrected chi connectivity index (χ0v) is 12.2. The maximum absolute atomic E-state index is 5.51. The molecule has 1 N–H and O–H groups in total. The quantitative estimate of drug-likeness (QED) is 0.936. The van der Waals surface area contributed by atoms with Crippen LogP contribution in [0.3, 0.4) is 0 Å². The number of hydrogen-bond donors (Lipinski definition) is 1. The van der Waals surface area contributed by atoms with Crippen LogP contribution in [0.25, 0.3) is 0 Å². The molecule has 0 aliphatic rings. The van der Waals surface area contributed by atoms with Crippen LogP contribution < -0.4 is 10.1 Å². The molecule has 0 saturated heterocycles. The SMILES string of the molecule is COc1cc(Br)cc(NCc2nc(C)c(C)o2)c1. The maximum atomic E-state index is 5.51. The number of rotatable bonds is 4. The Labute approximate surface area is 114 Å². The van der Waals surface area contributed by atoms with E-state index in [1.54, 1.807) is 7.11 Å². The fourth-order valence-corrected chi connectivity index (χ4v) is 2.05. The van der Waals surface area contributed by atoms with Crippen molar-refractivity contribution in [1.29, 1.82) is 0 Å². The summed E-state index contributed by atoms with van der Waals surface area (Å²) >= 11 is 3.44. The van der Waals surface area contributed by atoms with Gasteiger partial charge >= 0.3 is 0 Å². The lowest BCUT2D eigenvalue weighted by Gasteiger charge is -2.07. The van der Waals surface area contributed by atoms with Gasteiger partial charge in [-0.1, -0.05) is 15.9 Å². The summed E-state index contributed by atoms with van der Waals surface area (Å²) in [7, 11) is 1.65. The molecule has 0 unspecified atom stereocenters. The number of nitrogens with one attached hydrogen (secondary N) is 1. The summed E-state index contributed by atoms with van der Waals surface area (Å²) in [6.45, 7) is 4.40. The Hall–Kier alpha value is -1.49. The first-order chi connectivity index (χ1) is 8.58. The van der Waals surface area contributed by atoms with Gasteiger partial charge in [-0.15, -0.1) is 0 Å². The second-order valence-electron chi connectivity index (χ2n) is 3.98. The highest BCUT2D eigenvalue weighted by molar-refractivity contribution is 9.10. The van der Waals surface area contributed by atoms with E-state index in [9.17, 15) is 0 Å². The predicted octanol–water partition coefficient (Wildman–Crippen LogP) is 3.67. The van der Waals surface area contributed by atoms with Gasteiger partial charge in [0, 0.05) is 16.2 Å². The molecule has 0 fully saturated rings. The van der Waals surface area contributed by atoms with Crippen molar-refractivity contribution < 1.29 is 9.15 Å². The normalized spacial score (nSPS) is 10.4. The first-order valence-electron chi connectivity index (χ1n) is 5.60. The van der Waals surface area contributed by atoms with E-state index in [1.807, 2.05) is 32.0 Å². The largest absolute Gasteiger partial charge is 0.497 e. The topological polar surface area (TPSA) is 47.3 Å². The fourth-order valence-electron chi connectivity index (χ4n) is 1.58. The molecule has 0 aliphatic heterocycles. The van der Waals surface area contributed by atoms with Gasteiger partial charge in [0.15, 0.2) is 0 Å². The van der Waals surface area contributed by atoms with Gasteiger partial charge in [-0.3, -0.25) is 0 Å². The Morgan fingerprint density at radius 2 is 2.11 bits per heavy atom. The Morgan fingerprint density at radius 3 is 2.72 bits per heavy atom. The van der Waals surface area contributed by atoms with Crippen LogP contribution in [0.1, 0.15) is 17.3 Å². The molecular weight excluding hydrogens is 296 g/mol. The maximum Gasteiger partial charge on any atom is 0.213 e. The van der Waals surface area contributed by atoms with Crippen molar-refractivity contribution in [2.45, 2.75) is 20.4 Å². The molecule has 1 heterocycles. The summed E-state index contributed by atoms with van der Waals surface area (Å²) in [5, 5.41) is 3.25. The van der Waals surface area contributed by atoms with Crippen LogP contribution in [0, 0.1) is 13.8 Å². The highest BCUT2D eigenvalue weighted by Crippen LogP contribution is 2.24. The third-order valence-corrected chi connectivity index (χ3v) is 3.08. The van der Waals surface area contributed by atoms with E-state index in [0.29, 0.717) is 12.4 Å². The lowest BCUT2D eigenvalue weighted by molar-refractivity contribution is 0.414. The van der Waals surface area contributed by atoms with E-state index in [-0.39, 0.29) is 0 Å². The van der Waals surface area contributed by atoms with Crippen molar-refractivity contribution in [2.24, 2.45) is 0 Å². The van der Waals surface area contributed by atoms with Crippen molar-refractivity contribution in [3.05, 3.63) is 40.0 Å². The minimum Gasteiger partial charge on any atom is -0.497 e. The summed E-state index contributed by atoms with van der Waals surface area (Å²) in [4.78, 5) is 4.32. The number of oxazole rings is 1. The highest BCUT2D eigenvalue weighted by Gasteiger charge is 2.06. The number of ether oxygens (including phenoxy) is 1. The van der Waals surface area contributed by atoms with E-state index in [4.69, 9.17) is 9.15 Å². The highest BCUT2D eigenvalue weighted by atomic mass is 79.9. The Balaban J connectivity index is 2.07. The molecule has 2 aromatic rings. The van der Waals surface area contributed by atoms with Crippen LogP contribution >= 0.6 is 15.9 Å². The molecule has 5 heteroatoms. The second-order valence-corrected chi connectivity index (χ2v) is 4.90. The van der Waals surface area contributed by atoms with Gasteiger partial charge in [-0.25, -0.2) is 4.98 Å². The zero-order chi connectivity index (χ0) is 13.1. The Kier molecular flexibility index (Phi) is 3.91. The molecule has 1 aromatic heterocycles. The number of aryl methyl sites for hydroxylation is 2. The average Bonchev–Trinajstić information content (AvgIpc) is 2.65. The molecule has 0 bridgehead atoms. The molecule has 0 aliphatic carbocycles. The number of aromatic nitrogens is 1. The summed E-state index contributed by atoms with van der Waals surface area (Å²) in [6.07, 6.45) is 0. The molecule has 96 valence electrons. The van der Waals surface area contributed by atoms with E-state index in [2.05, 4.69) is 26.2 Å². The van der Waals surface area contributed by atoms with Gasteiger partial charge in [0.1, 0.15) is 11.5 Å². The van der Waals surface area contributed by atoms with Crippen molar-refractivity contribution in [3.8, 4) is 5.75 Å². The third kappa shape index (κ3) is 3.04. The fraction of sp³-hybridized carbons (Fsp3) is 0.308. The van der Waals surface area contributed by atoms with E-state index in [0.717, 1.165) is 27.4 Å². The summed E-state index contributed by atoms with van der Waals surface area (Å²) < 4.78 is 11.7. The van der Waals surface area contributed by atoms with Gasteiger partial charge in [-0.2, -0.15) is 0 Å². The van der Waals surface area contributed by atoms with Gasteiger partial charge in [-0.05, 0) is 26.0 Å². The molecule has 0 saturated carbocycles. The van der Waals surface area contributed by atoms with Gasteiger partial charge < -0.3 is 14.5 Å². The molecule has 0 atom stereocenters. The summed E-state index contributed by atoms with van der Waals surface area (Å²) in [5.74, 6) is 2.34. The van der Waals surface area contributed by atoms with Crippen LogP contribution in [-0.2, 0) is 6.54 Å². The molecule has 18 heavy (non-hydrogen) atoms. The summed E-state index contributed by atoms with van der Waals surface area (Å²) in [6, 6.07) is 5.81. The monoisotopic (exact) mass is 310 g/mol. The Bertz CT molecular complexity index is 532. The van der Waals surface area contributed by atoms with Crippen LogP contribution in [-0.4, -0.2) is 12.1 Å². The van der Waals surface area contributed by atoms with Crippen molar-refractivity contribution in [3.63, 3.8) is 0 Å². The minimum atomic E-state index is 0.550. The predicted molar refractivity (Wildman–Crippen MR) is 74.0 cm³/mol. The zero-order valence-electron chi connectivity index (χ0n) is 10.6. The number of methoxy groups -OCH3 is 1. The van der Waals surface area contributed by atoms with Crippen LogP contribution in [0.4, 0.5) is 5.69 Å². The van der Waals surface area contributed by atoms with Crippen molar-refractivity contribution in [1.82, 2.24) is 4.98 Å². The van der Waals surface area contributed by atoms with Crippen LogP contribution in [0.5, 0.6) is 5.75 Å². The third-order valence-electron chi connectivity index (χ3n) is 2.62. The number of benzene rings is 1. The lowest BCUT2D eigenvalue weighted by atomic mass is 10.3. The van der Waals surface area contributed by atoms with E-state index >= 15 is 0 Å². The second kappa shape index (κ2) is 5.44. The smallest absolute Gasteiger partial charge is 0.213 e. The number of nitrogens with zero attached hydrogens (tertiary/aromatic N) is 1.